The topological polar surface area (TPSA) is 71.3 Å². The molecule has 1 heterocycles. The second-order valence-electron chi connectivity index (χ2n) is 4.55. The molecule has 0 saturated heterocycles. The molecule has 0 aliphatic heterocycles. The Balaban J connectivity index is 1.88. The molecule has 0 aliphatic rings. The van der Waals surface area contributed by atoms with Crippen molar-refractivity contribution in [3.05, 3.63) is 59.7 Å². The molecule has 0 saturated carbocycles. The highest BCUT2D eigenvalue weighted by atomic mass is 19.1. The lowest BCUT2D eigenvalue weighted by molar-refractivity contribution is -0.137. The van der Waals surface area contributed by atoms with E-state index in [1.807, 2.05) is 0 Å². The summed E-state index contributed by atoms with van der Waals surface area (Å²) < 4.78 is 14.1. The number of amides is 1. The first-order chi connectivity index (χ1) is 10.1. The van der Waals surface area contributed by atoms with Crippen molar-refractivity contribution in [1.82, 2.24) is 9.88 Å². The number of hydrogen-bond donors (Lipinski definition) is 2. The van der Waals surface area contributed by atoms with Gasteiger partial charge >= 0.3 is 5.97 Å². The van der Waals surface area contributed by atoms with Crippen LogP contribution >= 0.6 is 0 Å². The predicted octanol–water partition coefficient (Wildman–Crippen LogP) is 1.68. The van der Waals surface area contributed by atoms with Gasteiger partial charge in [0.15, 0.2) is 0 Å². The highest BCUT2D eigenvalue weighted by Crippen LogP contribution is 2.04. The van der Waals surface area contributed by atoms with Crippen LogP contribution in [-0.2, 0) is 17.8 Å². The van der Waals surface area contributed by atoms with Gasteiger partial charge in [0.25, 0.3) is 5.91 Å². The Labute approximate surface area is 121 Å². The van der Waals surface area contributed by atoms with E-state index < -0.39 is 5.97 Å². The average molecular weight is 290 g/mol. The molecule has 6 heteroatoms. The van der Waals surface area contributed by atoms with Gasteiger partial charge in [-0.05, 0) is 36.2 Å². The number of carboxylic acids is 1. The summed E-state index contributed by atoms with van der Waals surface area (Å²) in [5.41, 5.74) is 1.22. The quantitative estimate of drug-likeness (QED) is 0.850. The van der Waals surface area contributed by atoms with Crippen LogP contribution in [0, 0.1) is 5.82 Å². The second-order valence-corrected chi connectivity index (χ2v) is 4.55. The van der Waals surface area contributed by atoms with E-state index in [0.29, 0.717) is 18.7 Å². The Morgan fingerprint density at radius 3 is 2.57 bits per heavy atom. The Morgan fingerprint density at radius 2 is 1.90 bits per heavy atom. The maximum absolute atomic E-state index is 12.8. The number of carbonyl (C=O) groups is 2. The van der Waals surface area contributed by atoms with Crippen LogP contribution in [0.2, 0.25) is 0 Å². The van der Waals surface area contributed by atoms with E-state index in [-0.39, 0.29) is 18.3 Å². The minimum Gasteiger partial charge on any atom is -0.480 e. The molecule has 5 nitrogen and oxygen atoms in total. The molecule has 0 aliphatic carbocycles. The molecule has 1 aromatic heterocycles. The first kappa shape index (κ1) is 14.8. The van der Waals surface area contributed by atoms with Crippen molar-refractivity contribution in [3.8, 4) is 0 Å². The minimum absolute atomic E-state index is 0.256. The zero-order chi connectivity index (χ0) is 15.2. The van der Waals surface area contributed by atoms with E-state index in [1.54, 1.807) is 30.5 Å². The SMILES string of the molecule is O=C(O)Cn1cccc1C(=O)NCCc1ccc(F)cc1. The van der Waals surface area contributed by atoms with E-state index in [0.717, 1.165) is 5.56 Å². The number of carboxylic acid groups (broad SMARTS) is 1. The van der Waals surface area contributed by atoms with E-state index >= 15 is 0 Å². The van der Waals surface area contributed by atoms with E-state index in [2.05, 4.69) is 5.32 Å². The van der Waals surface area contributed by atoms with E-state index in [4.69, 9.17) is 5.11 Å². The molecule has 2 aromatic rings. The van der Waals surface area contributed by atoms with Gasteiger partial charge in [0.2, 0.25) is 0 Å². The highest BCUT2D eigenvalue weighted by molar-refractivity contribution is 5.93. The third-order valence-corrected chi connectivity index (χ3v) is 2.98. The summed E-state index contributed by atoms with van der Waals surface area (Å²) in [4.78, 5) is 22.7. The van der Waals surface area contributed by atoms with E-state index in [1.165, 1.54) is 16.7 Å². The first-order valence-electron chi connectivity index (χ1n) is 6.46. The summed E-state index contributed by atoms with van der Waals surface area (Å²) in [5.74, 6) is -1.63. The van der Waals surface area contributed by atoms with Crippen molar-refractivity contribution < 1.29 is 19.1 Å². The van der Waals surface area contributed by atoms with Crippen LogP contribution in [0.15, 0.2) is 42.6 Å². The van der Waals surface area contributed by atoms with Gasteiger partial charge in [-0.25, -0.2) is 4.39 Å². The lowest BCUT2D eigenvalue weighted by Crippen LogP contribution is -2.28. The molecule has 0 radical (unpaired) electrons. The van der Waals surface area contributed by atoms with Crippen LogP contribution in [0.25, 0.3) is 0 Å². The molecule has 1 amide bonds. The summed E-state index contributed by atoms with van der Waals surface area (Å²) >= 11 is 0. The zero-order valence-electron chi connectivity index (χ0n) is 11.3. The number of nitrogens with one attached hydrogen (secondary N) is 1. The Kier molecular flexibility index (Phi) is 4.71. The summed E-state index contributed by atoms with van der Waals surface area (Å²) in [6.45, 7) is 0.135. The van der Waals surface area contributed by atoms with Crippen molar-refractivity contribution in [2.45, 2.75) is 13.0 Å². The molecule has 21 heavy (non-hydrogen) atoms. The first-order valence-corrected chi connectivity index (χ1v) is 6.46. The number of aliphatic carboxylic acids is 1. The van der Waals surface area contributed by atoms with Crippen molar-refractivity contribution in [2.24, 2.45) is 0 Å². The molecule has 2 N–H and O–H groups in total. The minimum atomic E-state index is -1.01. The molecule has 1 aromatic carbocycles. The van der Waals surface area contributed by atoms with Crippen molar-refractivity contribution >= 4 is 11.9 Å². The van der Waals surface area contributed by atoms with Crippen molar-refractivity contribution in [1.29, 1.82) is 0 Å². The second kappa shape index (κ2) is 6.69. The standard InChI is InChI=1S/C15H15FN2O3/c16-12-5-3-11(4-6-12)7-8-17-15(21)13-2-1-9-18(13)10-14(19)20/h1-6,9H,7-8,10H2,(H,17,21)(H,19,20). The average Bonchev–Trinajstić information content (AvgIpc) is 2.88. The summed E-state index contributed by atoms with van der Waals surface area (Å²) in [7, 11) is 0. The molecule has 0 spiro atoms. The van der Waals surface area contributed by atoms with Crippen molar-refractivity contribution in [2.75, 3.05) is 6.54 Å². The maximum Gasteiger partial charge on any atom is 0.323 e. The largest absolute Gasteiger partial charge is 0.480 e. The molecule has 2 rings (SSSR count). The number of halogens is 1. The Bertz CT molecular complexity index is 635. The predicted molar refractivity (Wildman–Crippen MR) is 74.5 cm³/mol. The van der Waals surface area contributed by atoms with Crippen molar-refractivity contribution in [3.63, 3.8) is 0 Å². The Hall–Kier alpha value is -2.63. The van der Waals surface area contributed by atoms with E-state index in [9.17, 15) is 14.0 Å². The van der Waals surface area contributed by atoms with Crippen LogP contribution in [0.5, 0.6) is 0 Å². The van der Waals surface area contributed by atoms with Gasteiger partial charge in [0, 0.05) is 12.7 Å². The summed E-state index contributed by atoms with van der Waals surface area (Å²) in [6.07, 6.45) is 2.12. The van der Waals surface area contributed by atoms with Gasteiger partial charge in [0.1, 0.15) is 18.1 Å². The molecular formula is C15H15FN2O3. The van der Waals surface area contributed by atoms with Crippen LogP contribution in [0.1, 0.15) is 16.1 Å². The zero-order valence-corrected chi connectivity index (χ0v) is 11.3. The normalized spacial score (nSPS) is 10.3. The van der Waals surface area contributed by atoms with Crippen LogP contribution in [0.3, 0.4) is 0 Å². The lowest BCUT2D eigenvalue weighted by Gasteiger charge is -2.08. The fraction of sp³-hybridized carbons (Fsp3) is 0.200. The lowest BCUT2D eigenvalue weighted by atomic mass is 10.1. The molecule has 0 unspecified atom stereocenters. The molecule has 110 valence electrons. The third-order valence-electron chi connectivity index (χ3n) is 2.98. The monoisotopic (exact) mass is 290 g/mol. The van der Waals surface area contributed by atoms with Gasteiger partial charge < -0.3 is 15.0 Å². The summed E-state index contributed by atoms with van der Waals surface area (Å²) in [5, 5.41) is 11.5. The van der Waals surface area contributed by atoms with Gasteiger partial charge in [-0.3, -0.25) is 9.59 Å². The number of rotatable bonds is 6. The maximum atomic E-state index is 12.8. The Morgan fingerprint density at radius 1 is 1.19 bits per heavy atom. The number of aromatic nitrogens is 1. The molecule has 0 atom stereocenters. The van der Waals surface area contributed by atoms with Crippen LogP contribution in [-0.4, -0.2) is 28.1 Å². The van der Waals surface area contributed by atoms with Crippen LogP contribution < -0.4 is 5.32 Å². The fourth-order valence-corrected chi connectivity index (χ4v) is 1.97. The number of carbonyl (C=O) groups excluding carboxylic acids is 1. The number of nitrogens with zero attached hydrogens (tertiary/aromatic N) is 1. The van der Waals surface area contributed by atoms with Gasteiger partial charge in [-0.15, -0.1) is 0 Å². The van der Waals surface area contributed by atoms with Gasteiger partial charge in [0.05, 0.1) is 0 Å². The summed E-state index contributed by atoms with van der Waals surface area (Å²) in [6, 6.07) is 9.25. The fourth-order valence-electron chi connectivity index (χ4n) is 1.97. The third kappa shape index (κ3) is 4.17. The van der Waals surface area contributed by atoms with Gasteiger partial charge in [-0.1, -0.05) is 12.1 Å². The highest BCUT2D eigenvalue weighted by Gasteiger charge is 2.11. The molecular weight excluding hydrogens is 275 g/mol. The van der Waals surface area contributed by atoms with Crippen LogP contribution in [0.4, 0.5) is 4.39 Å². The molecule has 0 fully saturated rings. The van der Waals surface area contributed by atoms with Gasteiger partial charge in [-0.2, -0.15) is 0 Å². The molecule has 0 bridgehead atoms. The number of benzene rings is 1. The number of hydrogen-bond acceptors (Lipinski definition) is 2. The smallest absolute Gasteiger partial charge is 0.323 e.